The highest BCUT2D eigenvalue weighted by atomic mass is 32.1. The lowest BCUT2D eigenvalue weighted by Crippen LogP contribution is -2.60. The van der Waals surface area contributed by atoms with E-state index in [2.05, 4.69) is 254 Å². The van der Waals surface area contributed by atoms with Gasteiger partial charge in [0.2, 0.25) is 0 Å². The van der Waals surface area contributed by atoms with Gasteiger partial charge in [0.05, 0.1) is 33.8 Å². The summed E-state index contributed by atoms with van der Waals surface area (Å²) in [5.41, 5.74) is 23.7. The minimum Gasteiger partial charge on any atom is -0.334 e. The van der Waals surface area contributed by atoms with Gasteiger partial charge in [-0.05, 0) is 128 Å². The number of nitrogens with zero attached hydrogens (tertiary/aromatic N) is 3. The van der Waals surface area contributed by atoms with Gasteiger partial charge >= 0.3 is 0 Å². The van der Waals surface area contributed by atoms with Crippen molar-refractivity contribution in [3.05, 3.63) is 186 Å². The van der Waals surface area contributed by atoms with Gasteiger partial charge in [0, 0.05) is 59.6 Å². The zero-order chi connectivity index (χ0) is 52.4. The van der Waals surface area contributed by atoms with Crippen LogP contribution in [0.25, 0.3) is 54.1 Å². The molecule has 8 aromatic carbocycles. The lowest BCUT2D eigenvalue weighted by atomic mass is 9.36. The van der Waals surface area contributed by atoms with Crippen molar-refractivity contribution in [3.63, 3.8) is 0 Å². The van der Waals surface area contributed by atoms with Crippen LogP contribution in [0.1, 0.15) is 130 Å². The Hall–Kier alpha value is -6.82. The van der Waals surface area contributed by atoms with Crippen molar-refractivity contribution in [2.75, 3.05) is 9.80 Å². The molecule has 1 saturated carbocycles. The van der Waals surface area contributed by atoms with Crippen molar-refractivity contribution in [1.82, 2.24) is 4.57 Å². The molecule has 4 aliphatic rings. The number of para-hydroxylation sites is 1. The van der Waals surface area contributed by atoms with E-state index in [1.54, 1.807) is 5.56 Å². The number of fused-ring (bicyclic) bond motifs is 13. The maximum Gasteiger partial charge on any atom is 0.264 e. The topological polar surface area (TPSA) is 11.4 Å². The van der Waals surface area contributed by atoms with Crippen LogP contribution < -0.4 is 25.5 Å². The van der Waals surface area contributed by atoms with Crippen LogP contribution in [0, 0.1) is 5.92 Å². The monoisotopic (exact) mass is 1010 g/mol. The van der Waals surface area contributed by atoms with Crippen molar-refractivity contribution in [2.24, 2.45) is 5.92 Å². The zero-order valence-corrected chi connectivity index (χ0v) is 47.2. The average Bonchev–Trinajstić information content (AvgIpc) is 4.19. The van der Waals surface area contributed by atoms with Gasteiger partial charge in [-0.1, -0.05) is 204 Å². The first-order valence-corrected chi connectivity index (χ1v) is 29.1. The highest BCUT2D eigenvalue weighted by Crippen LogP contribution is 2.63. The summed E-state index contributed by atoms with van der Waals surface area (Å²) in [6.45, 7) is 26.5. The standard InChI is InChI=1S/C71H70BN3S/c1-12-43-28-23-37-71(11)54-41-48(70(8,9)10)40-52-53-42-59-61-65(63(53)75(62(52)54)66(43)71)74(57-36-34-47(69(5,6)7)39-51(57)45-26-17-14-18-27-45)64-49-29-19-22-32-60(49)76-67(64)72(61)55-30-20-21-31-58(55)73(59)56-35-33-46(68(2,3)4)38-50(56)44-24-15-13-16-25-44/h13-22,24-27,29-36,38-43,66H,12,23,28,37H2,1-11H3. The molecule has 2 aromatic heterocycles. The molecular formula is C71H70BN3S. The molecule has 0 bridgehead atoms. The summed E-state index contributed by atoms with van der Waals surface area (Å²) in [5.74, 6) is 0.551. The molecule has 0 radical (unpaired) electrons. The number of benzene rings is 8. The summed E-state index contributed by atoms with van der Waals surface area (Å²) in [5, 5.41) is 4.07. The van der Waals surface area contributed by atoms with Crippen molar-refractivity contribution in [2.45, 2.75) is 130 Å². The molecule has 5 heteroatoms. The van der Waals surface area contributed by atoms with E-state index >= 15 is 0 Å². The normalized spacial score (nSPS) is 18.9. The predicted molar refractivity (Wildman–Crippen MR) is 330 cm³/mol. The Balaban J connectivity index is 1.22. The van der Waals surface area contributed by atoms with Gasteiger partial charge in [0.1, 0.15) is 0 Å². The van der Waals surface area contributed by atoms with E-state index in [1.165, 1.54) is 140 Å². The summed E-state index contributed by atoms with van der Waals surface area (Å²) in [6.07, 6.45) is 4.88. The Kier molecular flexibility index (Phi) is 10.4. The molecule has 1 aliphatic carbocycles. The van der Waals surface area contributed by atoms with Gasteiger partial charge < -0.3 is 14.4 Å². The van der Waals surface area contributed by atoms with Gasteiger partial charge in [-0.3, -0.25) is 0 Å². The van der Waals surface area contributed by atoms with Crippen molar-refractivity contribution in [3.8, 4) is 22.3 Å². The molecule has 76 heavy (non-hydrogen) atoms. The first-order valence-electron chi connectivity index (χ1n) is 28.3. The summed E-state index contributed by atoms with van der Waals surface area (Å²) in [7, 11) is 0. The highest BCUT2D eigenvalue weighted by Gasteiger charge is 2.54. The van der Waals surface area contributed by atoms with Crippen molar-refractivity contribution in [1.29, 1.82) is 0 Å². The fourth-order valence-electron chi connectivity index (χ4n) is 14.6. The Bertz CT molecular complexity index is 4010. The molecule has 378 valence electrons. The minimum absolute atomic E-state index is 0.00525. The number of hydrogen-bond donors (Lipinski definition) is 0. The Labute approximate surface area is 455 Å². The van der Waals surface area contributed by atoms with E-state index in [0.717, 1.165) is 6.42 Å². The average molecular weight is 1010 g/mol. The third-order valence-corrected chi connectivity index (χ3v) is 19.8. The molecule has 0 N–H and O–H groups in total. The molecular weight excluding hydrogens is 938 g/mol. The Morgan fingerprint density at radius 3 is 1.75 bits per heavy atom. The van der Waals surface area contributed by atoms with Crippen LogP contribution in [0.5, 0.6) is 0 Å². The van der Waals surface area contributed by atoms with Gasteiger partial charge in [0.15, 0.2) is 0 Å². The Morgan fingerprint density at radius 2 is 1.12 bits per heavy atom. The van der Waals surface area contributed by atoms with Crippen LogP contribution in [-0.4, -0.2) is 11.3 Å². The molecule has 14 rings (SSSR count). The second-order valence-corrected chi connectivity index (χ2v) is 27.3. The SMILES string of the molecule is CCC1CCCC2(C)c3cc(C(C)(C)C)cc4c5cc6c7c(c5n(c34)C12)N(c1ccc(C(C)(C)C)cc1-c1ccccc1)c1c(sc2ccccc12)B7c1ccccc1N6c1ccc(C(C)(C)C)cc1-c1ccccc1. The molecule has 5 heterocycles. The van der Waals surface area contributed by atoms with E-state index < -0.39 is 0 Å². The first-order chi connectivity index (χ1) is 36.5. The third kappa shape index (κ3) is 6.79. The molecule has 1 fully saturated rings. The first kappa shape index (κ1) is 47.6. The molecule has 3 unspecified atom stereocenters. The van der Waals surface area contributed by atoms with Crippen molar-refractivity contribution < 1.29 is 0 Å². The van der Waals surface area contributed by atoms with Crippen molar-refractivity contribution >= 4 is 99.8 Å². The lowest BCUT2D eigenvalue weighted by Gasteiger charge is -2.46. The van der Waals surface area contributed by atoms with Crippen LogP contribution in [0.3, 0.4) is 0 Å². The smallest absolute Gasteiger partial charge is 0.264 e. The van der Waals surface area contributed by atoms with Crippen LogP contribution in [0.15, 0.2) is 164 Å². The number of hydrogen-bond acceptors (Lipinski definition) is 3. The van der Waals surface area contributed by atoms with Crippen LogP contribution >= 0.6 is 11.3 Å². The highest BCUT2D eigenvalue weighted by molar-refractivity contribution is 7.33. The van der Waals surface area contributed by atoms with E-state index in [9.17, 15) is 0 Å². The molecule has 3 aliphatic heterocycles. The molecule has 0 saturated heterocycles. The summed E-state index contributed by atoms with van der Waals surface area (Å²) in [6, 6.07) is 64.2. The van der Waals surface area contributed by atoms with E-state index in [-0.39, 0.29) is 28.4 Å². The molecule has 3 atom stereocenters. The number of rotatable bonds is 5. The summed E-state index contributed by atoms with van der Waals surface area (Å²) >= 11 is 2.00. The maximum absolute atomic E-state index is 2.98. The zero-order valence-electron chi connectivity index (χ0n) is 46.4. The number of aromatic nitrogens is 1. The van der Waals surface area contributed by atoms with Crippen LogP contribution in [0.2, 0.25) is 0 Å². The fourth-order valence-corrected chi connectivity index (χ4v) is 15.9. The quantitative estimate of drug-likeness (QED) is 0.159. The summed E-state index contributed by atoms with van der Waals surface area (Å²) in [4.78, 5) is 5.51. The Morgan fingerprint density at radius 1 is 0.539 bits per heavy atom. The van der Waals surface area contributed by atoms with E-state index in [0.29, 0.717) is 12.0 Å². The van der Waals surface area contributed by atoms with Gasteiger partial charge in [-0.25, -0.2) is 0 Å². The largest absolute Gasteiger partial charge is 0.334 e. The predicted octanol–water partition coefficient (Wildman–Crippen LogP) is 18.3. The molecule has 0 spiro atoms. The van der Waals surface area contributed by atoms with E-state index in [1.807, 2.05) is 11.3 Å². The number of thiophene rings is 1. The number of anilines is 6. The molecule has 0 amide bonds. The molecule has 3 nitrogen and oxygen atoms in total. The third-order valence-electron chi connectivity index (χ3n) is 18.5. The maximum atomic E-state index is 2.98. The second-order valence-electron chi connectivity index (χ2n) is 26.2. The second kappa shape index (κ2) is 16.6. The van der Waals surface area contributed by atoms with E-state index in [4.69, 9.17) is 0 Å². The van der Waals surface area contributed by atoms with Gasteiger partial charge in [0.25, 0.3) is 6.71 Å². The minimum atomic E-state index is -0.0510. The van der Waals surface area contributed by atoms with Gasteiger partial charge in [-0.2, -0.15) is 0 Å². The molecule has 10 aromatic rings. The fraction of sp³-hybridized carbons (Fsp3) is 0.296. The summed E-state index contributed by atoms with van der Waals surface area (Å²) < 4.78 is 5.71. The van der Waals surface area contributed by atoms with Crippen LogP contribution in [-0.2, 0) is 21.7 Å². The van der Waals surface area contributed by atoms with Gasteiger partial charge in [-0.15, -0.1) is 11.3 Å². The van der Waals surface area contributed by atoms with Crippen LogP contribution in [0.4, 0.5) is 34.1 Å². The lowest BCUT2D eigenvalue weighted by molar-refractivity contribution is 0.151.